The number of nitrogens with one attached hydrogen (secondary N) is 2. The van der Waals surface area contributed by atoms with Crippen LogP contribution >= 0.6 is 0 Å². The van der Waals surface area contributed by atoms with Crippen LogP contribution < -0.4 is 10.6 Å². The Morgan fingerprint density at radius 3 is 2.52 bits per heavy atom. The van der Waals surface area contributed by atoms with Crippen molar-refractivity contribution in [3.8, 4) is 0 Å². The standard InChI is InChI=1S/C25H35N3O5/c1-5-17(14-29)28-20(22(31)27-15(2)3)25-12-11-24(4,33-25)18(19(25)23(28)32)21(30)26-13-16-9-7-6-8-10-16/h6-10,15,17-20,29H,5,11-14H2,1-4H3,(H,26,30)(H,27,31)/t17-,18+,19-,20?,24-,25?/m0/s1. The lowest BCUT2D eigenvalue weighted by Gasteiger charge is -2.37. The fourth-order valence-electron chi connectivity index (χ4n) is 6.13. The number of benzene rings is 1. The number of fused-ring (bicyclic) bond motifs is 1. The molecular weight excluding hydrogens is 422 g/mol. The van der Waals surface area contributed by atoms with E-state index in [2.05, 4.69) is 10.6 Å². The van der Waals surface area contributed by atoms with Crippen LogP contribution in [-0.2, 0) is 25.7 Å². The van der Waals surface area contributed by atoms with Gasteiger partial charge >= 0.3 is 0 Å². The van der Waals surface area contributed by atoms with Crippen molar-refractivity contribution >= 4 is 17.7 Å². The van der Waals surface area contributed by atoms with Gasteiger partial charge in [-0.3, -0.25) is 14.4 Å². The zero-order chi connectivity index (χ0) is 24.0. The van der Waals surface area contributed by atoms with Gasteiger partial charge in [-0.25, -0.2) is 0 Å². The van der Waals surface area contributed by atoms with Crippen molar-refractivity contribution in [3.05, 3.63) is 35.9 Å². The summed E-state index contributed by atoms with van der Waals surface area (Å²) in [5.41, 5.74) is -0.915. The van der Waals surface area contributed by atoms with E-state index in [1.807, 2.05) is 58.0 Å². The second-order valence-electron chi connectivity index (χ2n) is 10.1. The molecule has 3 amide bonds. The number of amides is 3. The second-order valence-corrected chi connectivity index (χ2v) is 10.1. The zero-order valence-electron chi connectivity index (χ0n) is 19.8. The maximum atomic E-state index is 13.8. The number of aliphatic hydroxyl groups is 1. The van der Waals surface area contributed by atoms with E-state index in [4.69, 9.17) is 4.74 Å². The molecule has 2 unspecified atom stereocenters. The van der Waals surface area contributed by atoms with Gasteiger partial charge in [-0.1, -0.05) is 37.3 Å². The van der Waals surface area contributed by atoms with Crippen LogP contribution in [0.3, 0.4) is 0 Å². The number of carbonyl (C=O) groups is 3. The number of rotatable bonds is 8. The molecule has 2 bridgehead atoms. The number of likely N-dealkylation sites (tertiary alicyclic amines) is 1. The predicted octanol–water partition coefficient (Wildman–Crippen LogP) is 1.36. The zero-order valence-corrected chi connectivity index (χ0v) is 19.8. The smallest absolute Gasteiger partial charge is 0.246 e. The first-order valence-corrected chi connectivity index (χ1v) is 11.9. The highest BCUT2D eigenvalue weighted by Crippen LogP contribution is 2.63. The summed E-state index contributed by atoms with van der Waals surface area (Å²) >= 11 is 0. The number of carbonyl (C=O) groups excluding carboxylic acids is 3. The Hall–Kier alpha value is -2.45. The molecule has 33 heavy (non-hydrogen) atoms. The van der Waals surface area contributed by atoms with Crippen LogP contribution in [0.25, 0.3) is 0 Å². The Labute approximate surface area is 195 Å². The quantitative estimate of drug-likeness (QED) is 0.546. The van der Waals surface area contributed by atoms with Crippen molar-refractivity contribution in [2.75, 3.05) is 6.61 Å². The van der Waals surface area contributed by atoms with E-state index in [0.29, 0.717) is 25.8 Å². The molecular formula is C25H35N3O5. The minimum Gasteiger partial charge on any atom is -0.394 e. The summed E-state index contributed by atoms with van der Waals surface area (Å²) in [6.45, 7) is 7.59. The van der Waals surface area contributed by atoms with Gasteiger partial charge in [-0.2, -0.15) is 0 Å². The normalized spacial score (nSPS) is 33.3. The molecule has 1 spiro atoms. The Morgan fingerprint density at radius 1 is 1.21 bits per heavy atom. The number of nitrogens with zero attached hydrogens (tertiary/aromatic N) is 1. The minimum absolute atomic E-state index is 0.113. The molecule has 6 atom stereocenters. The third-order valence-corrected chi connectivity index (χ3v) is 7.56. The molecule has 3 saturated heterocycles. The van der Waals surface area contributed by atoms with Gasteiger partial charge in [-0.15, -0.1) is 0 Å². The number of aliphatic hydroxyl groups excluding tert-OH is 1. The average molecular weight is 458 g/mol. The van der Waals surface area contributed by atoms with Crippen LogP contribution in [0.4, 0.5) is 0 Å². The lowest BCUT2D eigenvalue weighted by Crippen LogP contribution is -2.58. The highest BCUT2D eigenvalue weighted by molar-refractivity contribution is 5.99. The second kappa shape index (κ2) is 8.72. The molecule has 3 N–H and O–H groups in total. The fraction of sp³-hybridized carbons (Fsp3) is 0.640. The van der Waals surface area contributed by atoms with Crippen molar-refractivity contribution in [2.45, 2.75) is 82.8 Å². The Kier molecular flexibility index (Phi) is 6.26. The molecule has 0 aromatic heterocycles. The molecule has 3 aliphatic rings. The fourth-order valence-corrected chi connectivity index (χ4v) is 6.13. The molecule has 1 aromatic carbocycles. The van der Waals surface area contributed by atoms with Crippen molar-refractivity contribution in [1.29, 1.82) is 0 Å². The van der Waals surface area contributed by atoms with E-state index in [1.54, 1.807) is 0 Å². The molecule has 3 aliphatic heterocycles. The molecule has 0 saturated carbocycles. The highest BCUT2D eigenvalue weighted by atomic mass is 16.5. The van der Waals surface area contributed by atoms with Crippen molar-refractivity contribution < 1.29 is 24.2 Å². The minimum atomic E-state index is -1.07. The van der Waals surface area contributed by atoms with Crippen LogP contribution in [-0.4, -0.2) is 63.7 Å². The van der Waals surface area contributed by atoms with Gasteiger partial charge in [0.15, 0.2) is 0 Å². The summed E-state index contributed by atoms with van der Waals surface area (Å²) in [7, 11) is 0. The van der Waals surface area contributed by atoms with Gasteiger partial charge in [0.05, 0.1) is 30.1 Å². The lowest BCUT2D eigenvalue weighted by molar-refractivity contribution is -0.150. The van der Waals surface area contributed by atoms with Gasteiger partial charge < -0.3 is 25.4 Å². The van der Waals surface area contributed by atoms with Crippen LogP contribution in [0.2, 0.25) is 0 Å². The van der Waals surface area contributed by atoms with Gasteiger partial charge in [0.1, 0.15) is 11.6 Å². The first-order valence-electron chi connectivity index (χ1n) is 11.9. The molecule has 0 radical (unpaired) electrons. The maximum absolute atomic E-state index is 13.8. The number of hydrogen-bond donors (Lipinski definition) is 3. The summed E-state index contributed by atoms with van der Waals surface area (Å²) in [5, 5.41) is 15.9. The SMILES string of the molecule is CC[C@@H](CO)N1C(=O)[C@@H]2[C@H](C(=O)NCc3ccccc3)[C@]3(C)CCC2(O3)C1C(=O)NC(C)C. The third kappa shape index (κ3) is 3.73. The molecule has 3 heterocycles. The van der Waals surface area contributed by atoms with Crippen molar-refractivity contribution in [3.63, 3.8) is 0 Å². The lowest BCUT2D eigenvalue weighted by atomic mass is 9.66. The van der Waals surface area contributed by atoms with Gasteiger partial charge in [-0.05, 0) is 45.6 Å². The van der Waals surface area contributed by atoms with E-state index in [0.717, 1.165) is 5.56 Å². The topological polar surface area (TPSA) is 108 Å². The average Bonchev–Trinajstić information content (AvgIpc) is 3.34. The molecule has 1 aromatic rings. The van der Waals surface area contributed by atoms with Crippen LogP contribution in [0.1, 0.15) is 52.5 Å². The summed E-state index contributed by atoms with van der Waals surface area (Å²) in [6, 6.07) is 8.11. The summed E-state index contributed by atoms with van der Waals surface area (Å²) in [6.07, 6.45) is 1.62. The summed E-state index contributed by atoms with van der Waals surface area (Å²) in [5.74, 6) is -2.25. The molecule has 4 rings (SSSR count). The molecule has 180 valence electrons. The Bertz CT molecular complexity index is 918. The van der Waals surface area contributed by atoms with Gasteiger partial charge in [0, 0.05) is 12.6 Å². The van der Waals surface area contributed by atoms with E-state index >= 15 is 0 Å². The van der Waals surface area contributed by atoms with E-state index in [-0.39, 0.29) is 30.4 Å². The number of ether oxygens (including phenoxy) is 1. The summed E-state index contributed by atoms with van der Waals surface area (Å²) < 4.78 is 6.55. The third-order valence-electron chi connectivity index (χ3n) is 7.56. The monoisotopic (exact) mass is 457 g/mol. The molecule has 8 nitrogen and oxygen atoms in total. The molecule has 0 aliphatic carbocycles. The Morgan fingerprint density at radius 2 is 1.91 bits per heavy atom. The van der Waals surface area contributed by atoms with E-state index < -0.39 is 35.1 Å². The largest absolute Gasteiger partial charge is 0.394 e. The Balaban J connectivity index is 1.68. The van der Waals surface area contributed by atoms with Crippen LogP contribution in [0.5, 0.6) is 0 Å². The first-order chi connectivity index (χ1) is 15.7. The predicted molar refractivity (Wildman–Crippen MR) is 122 cm³/mol. The van der Waals surface area contributed by atoms with Crippen molar-refractivity contribution in [1.82, 2.24) is 15.5 Å². The van der Waals surface area contributed by atoms with E-state index in [1.165, 1.54) is 4.90 Å². The highest BCUT2D eigenvalue weighted by Gasteiger charge is 2.78. The van der Waals surface area contributed by atoms with Crippen molar-refractivity contribution in [2.24, 2.45) is 11.8 Å². The molecule has 3 fully saturated rings. The van der Waals surface area contributed by atoms with E-state index in [9.17, 15) is 19.5 Å². The van der Waals surface area contributed by atoms with Crippen LogP contribution in [0.15, 0.2) is 30.3 Å². The maximum Gasteiger partial charge on any atom is 0.246 e. The van der Waals surface area contributed by atoms with Gasteiger partial charge in [0.2, 0.25) is 17.7 Å². The first kappa shape index (κ1) is 23.7. The molecule has 8 heteroatoms. The summed E-state index contributed by atoms with van der Waals surface area (Å²) in [4.78, 5) is 42.2. The van der Waals surface area contributed by atoms with Gasteiger partial charge in [0.25, 0.3) is 0 Å². The van der Waals surface area contributed by atoms with Crippen LogP contribution in [0, 0.1) is 11.8 Å². The number of hydrogen-bond acceptors (Lipinski definition) is 5.